The summed E-state index contributed by atoms with van der Waals surface area (Å²) in [5.74, 6) is 1.23. The largest absolute Gasteiger partial charge is 0.497 e. The fourth-order valence-electron chi connectivity index (χ4n) is 1.95. The zero-order valence-electron chi connectivity index (χ0n) is 10.4. The minimum atomic E-state index is -0.0837. The monoisotopic (exact) mass is 256 g/mol. The quantitative estimate of drug-likeness (QED) is 0.847. The number of furan rings is 1. The standard InChI is InChI=1S/C14H12N2O3/c1-18-11-5-2-4-10(8-11)16-14(17)9-12(15-16)13-6-3-7-19-13/h2-8H,9H2,1H3. The van der Waals surface area contributed by atoms with E-state index in [1.165, 1.54) is 5.01 Å². The molecule has 0 saturated heterocycles. The molecule has 0 fully saturated rings. The predicted octanol–water partition coefficient (Wildman–Crippen LogP) is 2.43. The summed E-state index contributed by atoms with van der Waals surface area (Å²) in [6.07, 6.45) is 1.81. The maximum absolute atomic E-state index is 12.0. The lowest BCUT2D eigenvalue weighted by Gasteiger charge is -2.12. The first-order valence-electron chi connectivity index (χ1n) is 5.86. The molecule has 19 heavy (non-hydrogen) atoms. The molecule has 1 aromatic carbocycles. The normalized spacial score (nSPS) is 14.7. The number of hydrazone groups is 1. The highest BCUT2D eigenvalue weighted by molar-refractivity contribution is 6.18. The third-order valence-electron chi connectivity index (χ3n) is 2.88. The molecule has 0 unspecified atom stereocenters. The number of nitrogens with zero attached hydrogens (tertiary/aromatic N) is 2. The van der Waals surface area contributed by atoms with Gasteiger partial charge in [0.15, 0.2) is 0 Å². The van der Waals surface area contributed by atoms with Crippen LogP contribution in [0.2, 0.25) is 0 Å². The van der Waals surface area contributed by atoms with Crippen LogP contribution in [0.5, 0.6) is 5.75 Å². The van der Waals surface area contributed by atoms with Gasteiger partial charge < -0.3 is 9.15 Å². The number of carbonyl (C=O) groups is 1. The SMILES string of the molecule is COc1cccc(N2N=C(c3ccco3)CC2=O)c1. The van der Waals surface area contributed by atoms with E-state index in [4.69, 9.17) is 9.15 Å². The van der Waals surface area contributed by atoms with Crippen LogP contribution in [0.25, 0.3) is 0 Å². The van der Waals surface area contributed by atoms with Crippen LogP contribution in [0, 0.1) is 0 Å². The van der Waals surface area contributed by atoms with Crippen LogP contribution >= 0.6 is 0 Å². The van der Waals surface area contributed by atoms with Crippen LogP contribution in [0.1, 0.15) is 12.2 Å². The Morgan fingerprint density at radius 3 is 2.95 bits per heavy atom. The Balaban J connectivity index is 1.94. The van der Waals surface area contributed by atoms with Gasteiger partial charge in [-0.1, -0.05) is 6.07 Å². The first-order valence-corrected chi connectivity index (χ1v) is 5.86. The second kappa shape index (κ2) is 4.61. The second-order valence-electron chi connectivity index (χ2n) is 4.11. The number of rotatable bonds is 3. The Bertz CT molecular complexity index is 632. The second-order valence-corrected chi connectivity index (χ2v) is 4.11. The molecule has 5 nitrogen and oxygen atoms in total. The fraction of sp³-hybridized carbons (Fsp3) is 0.143. The highest BCUT2D eigenvalue weighted by atomic mass is 16.5. The Labute approximate surface area is 110 Å². The first kappa shape index (κ1) is 11.5. The van der Waals surface area contributed by atoms with E-state index in [1.807, 2.05) is 18.2 Å². The van der Waals surface area contributed by atoms with Gasteiger partial charge in [0.2, 0.25) is 0 Å². The van der Waals surface area contributed by atoms with Crippen molar-refractivity contribution in [1.82, 2.24) is 0 Å². The van der Waals surface area contributed by atoms with Gasteiger partial charge in [0.25, 0.3) is 5.91 Å². The van der Waals surface area contributed by atoms with Crippen molar-refractivity contribution >= 4 is 17.3 Å². The molecule has 0 N–H and O–H groups in total. The Kier molecular flexibility index (Phi) is 2.79. The summed E-state index contributed by atoms with van der Waals surface area (Å²) < 4.78 is 10.4. The van der Waals surface area contributed by atoms with Crippen molar-refractivity contribution in [2.75, 3.05) is 12.1 Å². The molecule has 0 radical (unpaired) electrons. The number of carbonyl (C=O) groups excluding carboxylic acids is 1. The van der Waals surface area contributed by atoms with E-state index >= 15 is 0 Å². The third-order valence-corrected chi connectivity index (χ3v) is 2.88. The third kappa shape index (κ3) is 2.10. The van der Waals surface area contributed by atoms with E-state index in [0.717, 1.165) is 0 Å². The molecule has 2 aromatic rings. The lowest BCUT2D eigenvalue weighted by Crippen LogP contribution is -2.19. The summed E-state index contributed by atoms with van der Waals surface area (Å²) in [4.78, 5) is 12.0. The van der Waals surface area contributed by atoms with E-state index in [9.17, 15) is 4.79 Å². The Morgan fingerprint density at radius 1 is 1.32 bits per heavy atom. The van der Waals surface area contributed by atoms with Crippen LogP contribution in [-0.2, 0) is 4.79 Å². The summed E-state index contributed by atoms with van der Waals surface area (Å²) in [6, 6.07) is 10.8. The lowest BCUT2D eigenvalue weighted by molar-refractivity contribution is -0.116. The van der Waals surface area contributed by atoms with Gasteiger partial charge in [-0.15, -0.1) is 0 Å². The van der Waals surface area contributed by atoms with Gasteiger partial charge in [0, 0.05) is 6.07 Å². The van der Waals surface area contributed by atoms with E-state index in [-0.39, 0.29) is 12.3 Å². The molecule has 0 spiro atoms. The number of hydrogen-bond acceptors (Lipinski definition) is 4. The molecule has 1 amide bonds. The zero-order valence-corrected chi connectivity index (χ0v) is 10.4. The smallest absolute Gasteiger partial charge is 0.253 e. The summed E-state index contributed by atoms with van der Waals surface area (Å²) >= 11 is 0. The van der Waals surface area contributed by atoms with Crippen molar-refractivity contribution in [2.45, 2.75) is 6.42 Å². The van der Waals surface area contributed by atoms with Gasteiger partial charge in [0.05, 0.1) is 25.5 Å². The van der Waals surface area contributed by atoms with Crippen LogP contribution in [0.3, 0.4) is 0 Å². The minimum absolute atomic E-state index is 0.0837. The molecule has 1 aliphatic heterocycles. The minimum Gasteiger partial charge on any atom is -0.497 e. The molecule has 2 heterocycles. The Morgan fingerprint density at radius 2 is 2.21 bits per heavy atom. The molecule has 0 aliphatic carbocycles. The van der Waals surface area contributed by atoms with Crippen molar-refractivity contribution in [2.24, 2.45) is 5.10 Å². The van der Waals surface area contributed by atoms with E-state index in [1.54, 1.807) is 31.6 Å². The van der Waals surface area contributed by atoms with Crippen LogP contribution < -0.4 is 9.75 Å². The average molecular weight is 256 g/mol. The van der Waals surface area contributed by atoms with E-state index in [0.29, 0.717) is 22.9 Å². The van der Waals surface area contributed by atoms with Gasteiger partial charge in [0.1, 0.15) is 17.2 Å². The number of amides is 1. The molecular formula is C14H12N2O3. The number of benzene rings is 1. The molecule has 96 valence electrons. The van der Waals surface area contributed by atoms with Gasteiger partial charge in [-0.3, -0.25) is 4.79 Å². The molecule has 0 atom stereocenters. The van der Waals surface area contributed by atoms with Gasteiger partial charge in [-0.05, 0) is 24.3 Å². The maximum atomic E-state index is 12.0. The summed E-state index contributed by atoms with van der Waals surface area (Å²) in [5, 5.41) is 5.68. The van der Waals surface area contributed by atoms with Crippen molar-refractivity contribution < 1.29 is 13.9 Å². The summed E-state index contributed by atoms with van der Waals surface area (Å²) in [6.45, 7) is 0. The molecule has 5 heteroatoms. The maximum Gasteiger partial charge on any atom is 0.253 e. The van der Waals surface area contributed by atoms with E-state index in [2.05, 4.69) is 5.10 Å². The molecule has 3 rings (SSSR count). The fourth-order valence-corrected chi connectivity index (χ4v) is 1.95. The molecule has 1 aliphatic rings. The molecule has 0 bridgehead atoms. The van der Waals surface area contributed by atoms with Crippen molar-refractivity contribution in [3.8, 4) is 5.75 Å². The van der Waals surface area contributed by atoms with Crippen LogP contribution in [-0.4, -0.2) is 18.7 Å². The topological polar surface area (TPSA) is 55.0 Å². The zero-order chi connectivity index (χ0) is 13.2. The lowest BCUT2D eigenvalue weighted by atomic mass is 10.2. The highest BCUT2D eigenvalue weighted by Gasteiger charge is 2.27. The first-order chi connectivity index (χ1) is 9.28. The molecule has 1 aromatic heterocycles. The number of methoxy groups -OCH3 is 1. The number of ether oxygens (including phenoxy) is 1. The molecular weight excluding hydrogens is 244 g/mol. The van der Waals surface area contributed by atoms with Crippen molar-refractivity contribution in [3.05, 3.63) is 48.4 Å². The summed E-state index contributed by atoms with van der Waals surface area (Å²) in [7, 11) is 1.59. The van der Waals surface area contributed by atoms with Crippen molar-refractivity contribution in [1.29, 1.82) is 0 Å². The van der Waals surface area contributed by atoms with E-state index < -0.39 is 0 Å². The van der Waals surface area contributed by atoms with Crippen molar-refractivity contribution in [3.63, 3.8) is 0 Å². The predicted molar refractivity (Wildman–Crippen MR) is 70.3 cm³/mol. The average Bonchev–Trinajstić information content (AvgIpc) is 3.07. The number of hydrogen-bond donors (Lipinski definition) is 0. The van der Waals surface area contributed by atoms with Crippen LogP contribution in [0.4, 0.5) is 5.69 Å². The summed E-state index contributed by atoms with van der Waals surface area (Å²) in [5.41, 5.74) is 1.32. The molecule has 0 saturated carbocycles. The Hall–Kier alpha value is -2.56. The number of anilines is 1. The van der Waals surface area contributed by atoms with Gasteiger partial charge in [-0.2, -0.15) is 10.1 Å². The van der Waals surface area contributed by atoms with Gasteiger partial charge >= 0.3 is 0 Å². The van der Waals surface area contributed by atoms with Crippen LogP contribution in [0.15, 0.2) is 52.2 Å². The highest BCUT2D eigenvalue weighted by Crippen LogP contribution is 2.26. The van der Waals surface area contributed by atoms with Gasteiger partial charge in [-0.25, -0.2) is 0 Å².